The third-order valence-corrected chi connectivity index (χ3v) is 5.45. The zero-order valence-corrected chi connectivity index (χ0v) is 14.3. The van der Waals surface area contributed by atoms with Gasteiger partial charge in [0, 0.05) is 16.8 Å². The van der Waals surface area contributed by atoms with Crippen molar-refractivity contribution in [2.24, 2.45) is 5.92 Å². The summed E-state index contributed by atoms with van der Waals surface area (Å²) in [5.41, 5.74) is -0.0167. The highest BCUT2D eigenvalue weighted by atomic mass is 32.1. The van der Waals surface area contributed by atoms with Gasteiger partial charge in [0.25, 0.3) is 0 Å². The molecule has 2 unspecified atom stereocenters. The Kier molecular flexibility index (Phi) is 4.93. The maximum absolute atomic E-state index is 6.25. The van der Waals surface area contributed by atoms with Crippen LogP contribution in [0, 0.1) is 5.92 Å². The summed E-state index contributed by atoms with van der Waals surface area (Å²) in [6, 6.07) is 4.93. The van der Waals surface area contributed by atoms with Gasteiger partial charge in [0.15, 0.2) is 0 Å². The molecule has 20 heavy (non-hydrogen) atoms. The zero-order valence-electron chi connectivity index (χ0n) is 13.5. The van der Waals surface area contributed by atoms with E-state index in [0.717, 1.165) is 6.42 Å². The Morgan fingerprint density at radius 1 is 1.40 bits per heavy atom. The first kappa shape index (κ1) is 16.0. The van der Waals surface area contributed by atoms with Crippen LogP contribution in [0.25, 0.3) is 0 Å². The second-order valence-electron chi connectivity index (χ2n) is 7.14. The molecule has 114 valence electrons. The largest absolute Gasteiger partial charge is 0.369 e. The van der Waals surface area contributed by atoms with Gasteiger partial charge in [-0.2, -0.15) is 0 Å². The van der Waals surface area contributed by atoms with Crippen molar-refractivity contribution in [1.29, 1.82) is 0 Å². The van der Waals surface area contributed by atoms with E-state index in [-0.39, 0.29) is 11.2 Å². The van der Waals surface area contributed by atoms with Gasteiger partial charge in [0.1, 0.15) is 0 Å². The molecule has 1 aromatic rings. The van der Waals surface area contributed by atoms with Gasteiger partial charge in [-0.3, -0.25) is 0 Å². The van der Waals surface area contributed by atoms with Gasteiger partial charge < -0.3 is 10.1 Å². The molecule has 1 aliphatic rings. The molecule has 1 fully saturated rings. The number of hydrogen-bond acceptors (Lipinski definition) is 3. The third kappa shape index (κ3) is 3.84. The fourth-order valence-corrected chi connectivity index (χ4v) is 4.48. The van der Waals surface area contributed by atoms with E-state index in [2.05, 4.69) is 57.6 Å². The first-order valence-electron chi connectivity index (χ1n) is 7.74. The average Bonchev–Trinajstić information content (AvgIpc) is 2.90. The normalized spacial score (nSPS) is 25.8. The summed E-state index contributed by atoms with van der Waals surface area (Å²) in [4.78, 5) is 1.50. The Morgan fingerprint density at radius 3 is 2.65 bits per heavy atom. The van der Waals surface area contributed by atoms with Crippen LogP contribution in [0.4, 0.5) is 0 Å². The lowest BCUT2D eigenvalue weighted by Gasteiger charge is -2.33. The van der Waals surface area contributed by atoms with Gasteiger partial charge in [-0.05, 0) is 71.9 Å². The van der Waals surface area contributed by atoms with Gasteiger partial charge in [0.2, 0.25) is 0 Å². The minimum atomic E-state index is -0.0277. The molecule has 1 N–H and O–H groups in total. The van der Waals surface area contributed by atoms with Crippen molar-refractivity contribution in [2.75, 3.05) is 7.05 Å². The van der Waals surface area contributed by atoms with Crippen molar-refractivity contribution >= 4 is 11.3 Å². The molecule has 0 radical (unpaired) electrons. The van der Waals surface area contributed by atoms with Crippen molar-refractivity contribution in [3.8, 4) is 0 Å². The number of ether oxygens (including phenoxy) is 1. The predicted molar refractivity (Wildman–Crippen MR) is 87.5 cm³/mol. The van der Waals surface area contributed by atoms with E-state index in [1.165, 1.54) is 24.1 Å². The Hall–Kier alpha value is -0.380. The van der Waals surface area contributed by atoms with E-state index in [1.54, 1.807) is 0 Å². The Balaban J connectivity index is 1.91. The number of rotatable bonds is 6. The zero-order chi connectivity index (χ0) is 14.8. The van der Waals surface area contributed by atoms with E-state index in [1.807, 2.05) is 11.3 Å². The number of thiophene rings is 1. The Labute approximate surface area is 127 Å². The highest BCUT2D eigenvalue weighted by Crippen LogP contribution is 2.44. The molecule has 2 heterocycles. The molecule has 0 saturated carbocycles. The number of aryl methyl sites for hydroxylation is 1. The molecule has 0 bridgehead atoms. The monoisotopic (exact) mass is 295 g/mol. The molecule has 2 atom stereocenters. The van der Waals surface area contributed by atoms with Crippen molar-refractivity contribution in [3.63, 3.8) is 0 Å². The van der Waals surface area contributed by atoms with E-state index in [9.17, 15) is 0 Å². The van der Waals surface area contributed by atoms with E-state index in [4.69, 9.17) is 4.74 Å². The molecule has 0 aliphatic carbocycles. The van der Waals surface area contributed by atoms with Gasteiger partial charge in [-0.25, -0.2) is 0 Å². The van der Waals surface area contributed by atoms with E-state index >= 15 is 0 Å². The summed E-state index contributed by atoms with van der Waals surface area (Å²) in [7, 11) is 2.09. The summed E-state index contributed by atoms with van der Waals surface area (Å²) in [5.74, 6) is 0.589. The minimum absolute atomic E-state index is 0.0109. The highest BCUT2D eigenvalue weighted by Gasteiger charge is 2.48. The van der Waals surface area contributed by atoms with Crippen LogP contribution < -0.4 is 5.32 Å². The Morgan fingerprint density at radius 2 is 2.15 bits per heavy atom. The summed E-state index contributed by atoms with van der Waals surface area (Å²) in [5, 5.41) is 5.71. The van der Waals surface area contributed by atoms with Crippen molar-refractivity contribution in [1.82, 2.24) is 5.32 Å². The molecular formula is C17H29NOS. The van der Waals surface area contributed by atoms with Crippen LogP contribution >= 0.6 is 11.3 Å². The molecule has 0 spiro atoms. The van der Waals surface area contributed by atoms with Gasteiger partial charge in [-0.15, -0.1) is 11.3 Å². The summed E-state index contributed by atoms with van der Waals surface area (Å²) >= 11 is 1.87. The first-order chi connectivity index (χ1) is 9.34. The van der Waals surface area contributed by atoms with Crippen LogP contribution in [0.3, 0.4) is 0 Å². The van der Waals surface area contributed by atoms with Crippen molar-refractivity contribution < 1.29 is 4.74 Å². The van der Waals surface area contributed by atoms with Crippen LogP contribution in [-0.2, 0) is 11.2 Å². The van der Waals surface area contributed by atoms with Crippen LogP contribution in [0.1, 0.15) is 51.8 Å². The molecular weight excluding hydrogens is 266 g/mol. The lowest BCUT2D eigenvalue weighted by atomic mass is 9.80. The van der Waals surface area contributed by atoms with Gasteiger partial charge in [0.05, 0.1) is 11.2 Å². The molecule has 2 nitrogen and oxygen atoms in total. The SMILES string of the molecule is CNC(CCCc1cccs1)C1CC(C)(C)OC1(C)C. The quantitative estimate of drug-likeness (QED) is 0.847. The fourth-order valence-electron chi connectivity index (χ4n) is 3.73. The topological polar surface area (TPSA) is 21.3 Å². The highest BCUT2D eigenvalue weighted by molar-refractivity contribution is 7.09. The van der Waals surface area contributed by atoms with Gasteiger partial charge >= 0.3 is 0 Å². The predicted octanol–water partition coefficient (Wildman–Crippen LogP) is 4.25. The third-order valence-electron chi connectivity index (χ3n) is 4.52. The number of hydrogen-bond donors (Lipinski definition) is 1. The van der Waals surface area contributed by atoms with Crippen molar-refractivity contribution in [3.05, 3.63) is 22.4 Å². The lowest BCUT2D eigenvalue weighted by Crippen LogP contribution is -2.42. The van der Waals surface area contributed by atoms with Crippen LogP contribution in [0.5, 0.6) is 0 Å². The van der Waals surface area contributed by atoms with Crippen LogP contribution in [0.15, 0.2) is 17.5 Å². The van der Waals surface area contributed by atoms with Crippen molar-refractivity contribution in [2.45, 2.75) is 70.6 Å². The van der Waals surface area contributed by atoms with Crippen LogP contribution in [0.2, 0.25) is 0 Å². The van der Waals surface area contributed by atoms with Gasteiger partial charge in [-0.1, -0.05) is 6.07 Å². The molecule has 0 amide bonds. The van der Waals surface area contributed by atoms with E-state index < -0.39 is 0 Å². The lowest BCUT2D eigenvalue weighted by molar-refractivity contribution is -0.0777. The smallest absolute Gasteiger partial charge is 0.0677 e. The van der Waals surface area contributed by atoms with Crippen LogP contribution in [-0.4, -0.2) is 24.3 Å². The fraction of sp³-hybridized carbons (Fsp3) is 0.765. The molecule has 1 saturated heterocycles. The Bertz CT molecular complexity index is 411. The second-order valence-corrected chi connectivity index (χ2v) is 8.17. The molecule has 2 rings (SSSR count). The maximum atomic E-state index is 6.25. The van der Waals surface area contributed by atoms with E-state index in [0.29, 0.717) is 12.0 Å². The molecule has 0 aromatic carbocycles. The minimum Gasteiger partial charge on any atom is -0.369 e. The maximum Gasteiger partial charge on any atom is 0.0677 e. The average molecular weight is 295 g/mol. The summed E-state index contributed by atoms with van der Waals surface area (Å²) in [6.45, 7) is 8.92. The summed E-state index contributed by atoms with van der Waals surface area (Å²) in [6.07, 6.45) is 4.82. The molecule has 1 aliphatic heterocycles. The first-order valence-corrected chi connectivity index (χ1v) is 8.62. The number of nitrogens with one attached hydrogen (secondary N) is 1. The summed E-state index contributed by atoms with van der Waals surface area (Å²) < 4.78 is 6.25. The molecule has 1 aromatic heterocycles. The standard InChI is InChI=1S/C17H29NOS/c1-16(2)12-14(17(3,4)19-16)15(18-5)10-6-8-13-9-7-11-20-13/h7,9,11,14-15,18H,6,8,10,12H2,1-5H3. The second kappa shape index (κ2) is 6.17. The molecule has 3 heteroatoms.